The first-order chi connectivity index (χ1) is 8.43. The van der Waals surface area contributed by atoms with Gasteiger partial charge in [0, 0.05) is 6.07 Å². The first-order valence-electron chi connectivity index (χ1n) is 5.81. The van der Waals surface area contributed by atoms with Crippen LogP contribution in [0.4, 0.5) is 13.2 Å². The van der Waals surface area contributed by atoms with Gasteiger partial charge in [-0.05, 0) is 12.5 Å². The third kappa shape index (κ3) is 5.12. The fraction of sp³-hybridized carbons (Fsp3) is 0.583. The summed E-state index contributed by atoms with van der Waals surface area (Å²) in [6.07, 6.45) is -0.479. The number of halogens is 4. The summed E-state index contributed by atoms with van der Waals surface area (Å²) in [6, 6.07) is 1.65. The van der Waals surface area contributed by atoms with Crippen molar-refractivity contribution in [3.05, 3.63) is 22.8 Å². The van der Waals surface area contributed by atoms with E-state index in [-0.39, 0.29) is 11.0 Å². The molecule has 1 heterocycles. The van der Waals surface area contributed by atoms with Crippen LogP contribution >= 0.6 is 11.6 Å². The minimum Gasteiger partial charge on any atom is -0.478 e. The van der Waals surface area contributed by atoms with E-state index in [4.69, 9.17) is 16.3 Å². The van der Waals surface area contributed by atoms with Gasteiger partial charge >= 0.3 is 6.18 Å². The molecule has 0 saturated carbocycles. The van der Waals surface area contributed by atoms with Crippen molar-refractivity contribution >= 4 is 11.6 Å². The maximum absolute atomic E-state index is 12.5. The predicted octanol–water partition coefficient (Wildman–Crippen LogP) is 4.71. The van der Waals surface area contributed by atoms with Crippen molar-refractivity contribution in [2.75, 3.05) is 6.61 Å². The molecule has 0 unspecified atom stereocenters. The van der Waals surface area contributed by atoms with Crippen molar-refractivity contribution in [1.29, 1.82) is 0 Å². The van der Waals surface area contributed by atoms with E-state index >= 15 is 0 Å². The third-order valence-electron chi connectivity index (χ3n) is 2.35. The molecular formula is C12H15ClF3NO. The number of unbranched alkanes of at least 4 members (excludes halogenated alkanes) is 3. The fourth-order valence-corrected chi connectivity index (χ4v) is 1.62. The Morgan fingerprint density at radius 1 is 1.22 bits per heavy atom. The summed E-state index contributed by atoms with van der Waals surface area (Å²) < 4.78 is 42.7. The quantitative estimate of drug-likeness (QED) is 0.556. The maximum Gasteiger partial charge on any atom is 0.416 e. The van der Waals surface area contributed by atoms with Crippen LogP contribution in [0.5, 0.6) is 5.88 Å². The van der Waals surface area contributed by atoms with E-state index < -0.39 is 11.7 Å². The Bertz CT molecular complexity index is 382. The van der Waals surface area contributed by atoms with Crippen LogP contribution < -0.4 is 4.74 Å². The number of hydrogen-bond donors (Lipinski definition) is 0. The molecule has 0 fully saturated rings. The minimum absolute atomic E-state index is 0.0775. The second-order valence-corrected chi connectivity index (χ2v) is 4.31. The lowest BCUT2D eigenvalue weighted by molar-refractivity contribution is -0.137. The summed E-state index contributed by atoms with van der Waals surface area (Å²) in [4.78, 5) is 3.71. The number of rotatable bonds is 6. The second-order valence-electron chi connectivity index (χ2n) is 3.92. The van der Waals surface area contributed by atoms with Crippen molar-refractivity contribution in [2.24, 2.45) is 0 Å². The molecule has 0 aliphatic carbocycles. The molecule has 102 valence electrons. The first kappa shape index (κ1) is 15.1. The Hall–Kier alpha value is -0.970. The number of alkyl halides is 3. The summed E-state index contributed by atoms with van der Waals surface area (Å²) in [5.41, 5.74) is -0.842. The Morgan fingerprint density at radius 2 is 1.94 bits per heavy atom. The average Bonchev–Trinajstić information content (AvgIpc) is 2.27. The zero-order chi connectivity index (χ0) is 13.6. The Labute approximate surface area is 109 Å². The molecule has 0 atom stereocenters. The van der Waals surface area contributed by atoms with Crippen LogP contribution in [-0.2, 0) is 6.18 Å². The van der Waals surface area contributed by atoms with E-state index in [1.807, 2.05) is 0 Å². The molecular weight excluding hydrogens is 267 g/mol. The van der Waals surface area contributed by atoms with Crippen LogP contribution in [0.1, 0.15) is 38.2 Å². The summed E-state index contributed by atoms with van der Waals surface area (Å²) in [7, 11) is 0. The molecule has 6 heteroatoms. The monoisotopic (exact) mass is 281 g/mol. The van der Waals surface area contributed by atoms with Gasteiger partial charge in [0.1, 0.15) is 5.15 Å². The minimum atomic E-state index is -4.44. The van der Waals surface area contributed by atoms with Crippen molar-refractivity contribution in [3.63, 3.8) is 0 Å². The van der Waals surface area contributed by atoms with Gasteiger partial charge in [0.05, 0.1) is 12.2 Å². The molecule has 0 bridgehead atoms. The van der Waals surface area contributed by atoms with E-state index in [0.717, 1.165) is 37.8 Å². The molecule has 0 saturated heterocycles. The first-order valence-corrected chi connectivity index (χ1v) is 6.19. The van der Waals surface area contributed by atoms with Gasteiger partial charge in [0.25, 0.3) is 0 Å². The molecule has 0 radical (unpaired) electrons. The highest BCUT2D eigenvalue weighted by molar-refractivity contribution is 6.29. The van der Waals surface area contributed by atoms with E-state index in [1.54, 1.807) is 0 Å². The average molecular weight is 282 g/mol. The normalized spacial score (nSPS) is 11.6. The Balaban J connectivity index is 2.58. The molecule has 0 aliphatic rings. The predicted molar refractivity (Wildman–Crippen MR) is 63.9 cm³/mol. The van der Waals surface area contributed by atoms with Crippen LogP contribution in [0.3, 0.4) is 0 Å². The fourth-order valence-electron chi connectivity index (χ4n) is 1.42. The number of nitrogens with zero attached hydrogens (tertiary/aromatic N) is 1. The number of aromatic nitrogens is 1. The van der Waals surface area contributed by atoms with E-state index in [2.05, 4.69) is 11.9 Å². The zero-order valence-corrected chi connectivity index (χ0v) is 10.8. The van der Waals surface area contributed by atoms with E-state index in [9.17, 15) is 13.2 Å². The zero-order valence-electron chi connectivity index (χ0n) is 10.1. The van der Waals surface area contributed by atoms with Crippen LogP contribution in [0.15, 0.2) is 12.1 Å². The standard InChI is InChI=1S/C12H15ClF3NO/c1-2-3-4-5-6-18-11-8-9(12(14,15)16)7-10(13)17-11/h7-8H,2-6H2,1H3. The molecule has 1 rings (SSSR count). The molecule has 0 amide bonds. The molecule has 2 nitrogen and oxygen atoms in total. The van der Waals surface area contributed by atoms with Gasteiger partial charge in [-0.15, -0.1) is 0 Å². The third-order valence-corrected chi connectivity index (χ3v) is 2.54. The van der Waals surface area contributed by atoms with Gasteiger partial charge < -0.3 is 4.74 Å². The second kappa shape index (κ2) is 6.83. The smallest absolute Gasteiger partial charge is 0.416 e. The van der Waals surface area contributed by atoms with Gasteiger partial charge in [-0.1, -0.05) is 37.8 Å². The summed E-state index contributed by atoms with van der Waals surface area (Å²) in [5.74, 6) is -0.0775. The molecule has 0 spiro atoms. The Morgan fingerprint density at radius 3 is 2.56 bits per heavy atom. The molecule has 0 aliphatic heterocycles. The maximum atomic E-state index is 12.5. The van der Waals surface area contributed by atoms with Gasteiger partial charge in [0.15, 0.2) is 0 Å². The lowest BCUT2D eigenvalue weighted by Gasteiger charge is -2.10. The molecule has 1 aromatic rings. The lowest BCUT2D eigenvalue weighted by atomic mass is 10.2. The van der Waals surface area contributed by atoms with E-state index in [0.29, 0.717) is 6.61 Å². The van der Waals surface area contributed by atoms with Crippen molar-refractivity contribution in [3.8, 4) is 5.88 Å². The van der Waals surface area contributed by atoms with Crippen LogP contribution in [0.2, 0.25) is 5.15 Å². The topological polar surface area (TPSA) is 22.1 Å². The number of pyridine rings is 1. The number of hydrogen-bond acceptors (Lipinski definition) is 2. The molecule has 0 aromatic carbocycles. The highest BCUT2D eigenvalue weighted by atomic mass is 35.5. The molecule has 0 N–H and O–H groups in total. The summed E-state index contributed by atoms with van der Waals surface area (Å²) in [6.45, 7) is 2.43. The van der Waals surface area contributed by atoms with Gasteiger partial charge in [-0.3, -0.25) is 0 Å². The molecule has 18 heavy (non-hydrogen) atoms. The number of ether oxygens (including phenoxy) is 1. The lowest BCUT2D eigenvalue weighted by Crippen LogP contribution is -2.07. The van der Waals surface area contributed by atoms with E-state index in [1.165, 1.54) is 0 Å². The van der Waals surface area contributed by atoms with Gasteiger partial charge in [0.2, 0.25) is 5.88 Å². The van der Waals surface area contributed by atoms with Crippen LogP contribution in [-0.4, -0.2) is 11.6 Å². The molecule has 1 aromatic heterocycles. The highest BCUT2D eigenvalue weighted by Crippen LogP contribution is 2.32. The summed E-state index contributed by atoms with van der Waals surface area (Å²) >= 11 is 5.53. The Kier molecular flexibility index (Phi) is 5.72. The SMILES string of the molecule is CCCCCCOc1cc(C(F)(F)F)cc(Cl)n1. The van der Waals surface area contributed by atoms with Crippen molar-refractivity contribution in [2.45, 2.75) is 38.8 Å². The summed E-state index contributed by atoms with van der Waals surface area (Å²) in [5, 5.41) is -0.214. The van der Waals surface area contributed by atoms with Gasteiger partial charge in [-0.2, -0.15) is 13.2 Å². The highest BCUT2D eigenvalue weighted by Gasteiger charge is 2.31. The largest absolute Gasteiger partial charge is 0.478 e. The van der Waals surface area contributed by atoms with Crippen LogP contribution in [0, 0.1) is 0 Å². The van der Waals surface area contributed by atoms with Crippen LogP contribution in [0.25, 0.3) is 0 Å². The van der Waals surface area contributed by atoms with Gasteiger partial charge in [-0.25, -0.2) is 4.98 Å². The van der Waals surface area contributed by atoms with Crippen molar-refractivity contribution < 1.29 is 17.9 Å². The van der Waals surface area contributed by atoms with Crippen molar-refractivity contribution in [1.82, 2.24) is 4.98 Å².